The van der Waals surface area contributed by atoms with Crippen molar-refractivity contribution in [2.75, 3.05) is 39.8 Å². The molecule has 3 nitrogen and oxygen atoms in total. The Kier molecular flexibility index (Phi) is 4.28. The topological polar surface area (TPSA) is 19.4 Å². The Bertz CT molecular complexity index is 554. The molecule has 20 heavy (non-hydrogen) atoms. The maximum absolute atomic E-state index is 4.43. The lowest BCUT2D eigenvalue weighted by Crippen LogP contribution is -2.44. The average Bonchev–Trinajstić information content (AvgIpc) is 2.49. The number of piperazine rings is 1. The van der Waals surface area contributed by atoms with Gasteiger partial charge in [-0.3, -0.25) is 4.98 Å². The second-order valence-corrected chi connectivity index (χ2v) is 5.74. The first-order chi connectivity index (χ1) is 9.83. The molecule has 3 rings (SSSR count). The number of likely N-dealkylation sites (N-methyl/N-ethyl adjacent to an activating group) is 1. The molecule has 0 bridgehead atoms. The third-order valence-corrected chi connectivity index (χ3v) is 4.25. The van der Waals surface area contributed by atoms with Crippen LogP contribution in [-0.2, 0) is 6.42 Å². The van der Waals surface area contributed by atoms with Crippen molar-refractivity contribution in [1.82, 2.24) is 14.8 Å². The quantitative estimate of drug-likeness (QED) is 0.850. The van der Waals surface area contributed by atoms with Gasteiger partial charge >= 0.3 is 0 Å². The number of nitrogens with zero attached hydrogens (tertiary/aromatic N) is 3. The minimum absolute atomic E-state index is 1.12. The maximum atomic E-state index is 4.43. The zero-order chi connectivity index (χ0) is 13.8. The predicted molar refractivity (Wildman–Crippen MR) is 84.0 cm³/mol. The Morgan fingerprint density at radius 1 is 1.05 bits per heavy atom. The van der Waals surface area contributed by atoms with E-state index in [9.17, 15) is 0 Å². The van der Waals surface area contributed by atoms with Gasteiger partial charge in [-0.2, -0.15) is 0 Å². The number of hydrogen-bond donors (Lipinski definition) is 0. The number of hydrogen-bond acceptors (Lipinski definition) is 3. The van der Waals surface area contributed by atoms with E-state index in [1.54, 1.807) is 0 Å². The highest BCUT2D eigenvalue weighted by Crippen LogP contribution is 2.18. The molecule has 0 aliphatic carbocycles. The van der Waals surface area contributed by atoms with Crippen molar-refractivity contribution in [2.24, 2.45) is 0 Å². The zero-order valence-corrected chi connectivity index (χ0v) is 12.3. The predicted octanol–water partition coefficient (Wildman–Crippen LogP) is 2.41. The molecule has 1 saturated heterocycles. The Morgan fingerprint density at radius 2 is 1.90 bits per heavy atom. The van der Waals surface area contributed by atoms with Crippen molar-refractivity contribution in [3.05, 3.63) is 42.1 Å². The van der Waals surface area contributed by atoms with E-state index in [-0.39, 0.29) is 0 Å². The van der Waals surface area contributed by atoms with Gasteiger partial charge < -0.3 is 9.80 Å². The second kappa shape index (κ2) is 6.33. The van der Waals surface area contributed by atoms with E-state index >= 15 is 0 Å². The molecule has 1 fully saturated rings. The fourth-order valence-electron chi connectivity index (χ4n) is 2.95. The first-order valence-electron chi connectivity index (χ1n) is 7.56. The van der Waals surface area contributed by atoms with Crippen molar-refractivity contribution in [2.45, 2.75) is 12.8 Å². The average molecular weight is 269 g/mol. The highest BCUT2D eigenvalue weighted by molar-refractivity contribution is 5.81. The highest BCUT2D eigenvalue weighted by atomic mass is 15.2. The van der Waals surface area contributed by atoms with Gasteiger partial charge in [0, 0.05) is 37.8 Å². The molecule has 0 amide bonds. The van der Waals surface area contributed by atoms with Crippen LogP contribution in [0, 0.1) is 0 Å². The molecule has 0 saturated carbocycles. The normalized spacial score (nSPS) is 17.6. The standard InChI is InChI=1S/C17H23N3/c1-19-11-13-20(14-12-19)10-4-6-15-5-2-8-17-16(15)7-3-9-18-17/h2-3,5,7-9H,4,6,10-14H2,1H3. The minimum atomic E-state index is 1.12. The van der Waals surface area contributed by atoms with Crippen molar-refractivity contribution in [1.29, 1.82) is 0 Å². The molecule has 3 heteroatoms. The lowest BCUT2D eigenvalue weighted by atomic mass is 10.0. The van der Waals surface area contributed by atoms with Gasteiger partial charge in [-0.05, 0) is 44.1 Å². The van der Waals surface area contributed by atoms with Crippen LogP contribution in [0.1, 0.15) is 12.0 Å². The van der Waals surface area contributed by atoms with Crippen LogP contribution in [0.2, 0.25) is 0 Å². The summed E-state index contributed by atoms with van der Waals surface area (Å²) in [5, 5.41) is 1.31. The molecule has 0 atom stereocenters. The van der Waals surface area contributed by atoms with E-state index < -0.39 is 0 Å². The first kappa shape index (κ1) is 13.5. The number of aromatic nitrogens is 1. The summed E-state index contributed by atoms with van der Waals surface area (Å²) in [5.41, 5.74) is 2.55. The number of aryl methyl sites for hydroxylation is 1. The number of benzene rings is 1. The lowest BCUT2D eigenvalue weighted by Gasteiger charge is -2.32. The molecule has 1 aromatic heterocycles. The molecule has 1 aliphatic heterocycles. The zero-order valence-electron chi connectivity index (χ0n) is 12.3. The third kappa shape index (κ3) is 3.17. The fraction of sp³-hybridized carbons (Fsp3) is 0.471. The van der Waals surface area contributed by atoms with Crippen LogP contribution in [0.15, 0.2) is 36.5 Å². The van der Waals surface area contributed by atoms with Gasteiger partial charge in [0.1, 0.15) is 0 Å². The summed E-state index contributed by atoms with van der Waals surface area (Å²) in [7, 11) is 2.21. The van der Waals surface area contributed by atoms with E-state index in [1.165, 1.54) is 50.1 Å². The molecule has 0 unspecified atom stereocenters. The summed E-state index contributed by atoms with van der Waals surface area (Å²) in [6.45, 7) is 6.06. The van der Waals surface area contributed by atoms with Gasteiger partial charge in [-0.1, -0.05) is 18.2 Å². The molecular formula is C17H23N3. The minimum Gasteiger partial charge on any atom is -0.304 e. The SMILES string of the molecule is CN1CCN(CCCc2cccc3ncccc23)CC1. The molecule has 2 heterocycles. The highest BCUT2D eigenvalue weighted by Gasteiger charge is 2.13. The number of rotatable bonds is 4. The number of pyridine rings is 1. The van der Waals surface area contributed by atoms with E-state index in [0.29, 0.717) is 0 Å². The Balaban J connectivity index is 1.57. The summed E-state index contributed by atoms with van der Waals surface area (Å²) in [6.07, 6.45) is 4.25. The van der Waals surface area contributed by atoms with Crippen LogP contribution in [0.25, 0.3) is 10.9 Å². The van der Waals surface area contributed by atoms with Gasteiger partial charge in [-0.15, -0.1) is 0 Å². The van der Waals surface area contributed by atoms with Crippen molar-refractivity contribution in [3.8, 4) is 0 Å². The second-order valence-electron chi connectivity index (χ2n) is 5.74. The van der Waals surface area contributed by atoms with Gasteiger partial charge in [0.15, 0.2) is 0 Å². The first-order valence-corrected chi connectivity index (χ1v) is 7.56. The monoisotopic (exact) mass is 269 g/mol. The maximum Gasteiger partial charge on any atom is 0.0704 e. The number of fused-ring (bicyclic) bond motifs is 1. The molecule has 0 spiro atoms. The Hall–Kier alpha value is -1.45. The van der Waals surface area contributed by atoms with Crippen LogP contribution in [0.4, 0.5) is 0 Å². The molecule has 106 valence electrons. The summed E-state index contributed by atoms with van der Waals surface area (Å²) in [6, 6.07) is 10.7. The van der Waals surface area contributed by atoms with Crippen LogP contribution in [0.3, 0.4) is 0 Å². The largest absolute Gasteiger partial charge is 0.304 e. The van der Waals surface area contributed by atoms with Crippen LogP contribution >= 0.6 is 0 Å². The van der Waals surface area contributed by atoms with Crippen molar-refractivity contribution >= 4 is 10.9 Å². The summed E-state index contributed by atoms with van der Waals surface area (Å²) in [4.78, 5) is 9.43. The van der Waals surface area contributed by atoms with Crippen LogP contribution in [-0.4, -0.2) is 54.6 Å². The van der Waals surface area contributed by atoms with Gasteiger partial charge in [-0.25, -0.2) is 0 Å². The lowest BCUT2D eigenvalue weighted by molar-refractivity contribution is 0.153. The van der Waals surface area contributed by atoms with Crippen LogP contribution in [0.5, 0.6) is 0 Å². The molecule has 0 radical (unpaired) electrons. The van der Waals surface area contributed by atoms with Crippen molar-refractivity contribution < 1.29 is 0 Å². The van der Waals surface area contributed by atoms with Crippen molar-refractivity contribution in [3.63, 3.8) is 0 Å². The molecule has 2 aromatic rings. The smallest absolute Gasteiger partial charge is 0.0704 e. The van der Waals surface area contributed by atoms with E-state index in [4.69, 9.17) is 0 Å². The van der Waals surface area contributed by atoms with Crippen LogP contribution < -0.4 is 0 Å². The third-order valence-electron chi connectivity index (χ3n) is 4.25. The fourth-order valence-corrected chi connectivity index (χ4v) is 2.95. The van der Waals surface area contributed by atoms with Gasteiger partial charge in [0.2, 0.25) is 0 Å². The van der Waals surface area contributed by atoms with E-state index in [1.807, 2.05) is 12.3 Å². The Morgan fingerprint density at radius 3 is 2.75 bits per heavy atom. The van der Waals surface area contributed by atoms with E-state index in [2.05, 4.69) is 46.1 Å². The molecular weight excluding hydrogens is 246 g/mol. The molecule has 0 N–H and O–H groups in total. The summed E-state index contributed by atoms with van der Waals surface area (Å²) in [5.74, 6) is 0. The van der Waals surface area contributed by atoms with Gasteiger partial charge in [0.05, 0.1) is 5.52 Å². The molecule has 1 aliphatic rings. The molecule has 1 aromatic carbocycles. The van der Waals surface area contributed by atoms with Gasteiger partial charge in [0.25, 0.3) is 0 Å². The Labute approximate surface area is 121 Å². The summed E-state index contributed by atoms with van der Waals surface area (Å²) >= 11 is 0. The summed E-state index contributed by atoms with van der Waals surface area (Å²) < 4.78 is 0. The van der Waals surface area contributed by atoms with E-state index in [0.717, 1.165) is 11.9 Å².